The molecular formula is C28H30N4O7S. The van der Waals surface area contributed by atoms with Crippen LogP contribution in [0.2, 0.25) is 0 Å². The van der Waals surface area contributed by atoms with E-state index in [-0.39, 0.29) is 27.4 Å². The highest BCUT2D eigenvalue weighted by Gasteiger charge is 2.23. The van der Waals surface area contributed by atoms with Crippen molar-refractivity contribution in [2.45, 2.75) is 17.7 Å². The van der Waals surface area contributed by atoms with Gasteiger partial charge in [0.1, 0.15) is 47.2 Å². The molecule has 1 N–H and O–H groups in total. The number of sulfone groups is 1. The molecule has 0 spiro atoms. The highest BCUT2D eigenvalue weighted by atomic mass is 32.2. The van der Waals surface area contributed by atoms with Crippen molar-refractivity contribution < 1.29 is 27.3 Å². The number of ether oxygens (including phenoxy) is 3. The molecule has 1 aliphatic rings. The highest BCUT2D eigenvalue weighted by Crippen LogP contribution is 2.33. The van der Waals surface area contributed by atoms with Gasteiger partial charge in [-0.3, -0.25) is 4.79 Å². The molecular weight excluding hydrogens is 536 g/mol. The van der Waals surface area contributed by atoms with Gasteiger partial charge in [0.25, 0.3) is 5.56 Å². The lowest BCUT2D eigenvalue weighted by Gasteiger charge is -2.38. The summed E-state index contributed by atoms with van der Waals surface area (Å²) in [5.74, 6) is 1.45. The number of aromatic amines is 1. The summed E-state index contributed by atoms with van der Waals surface area (Å²) in [7, 11) is -0.417. The van der Waals surface area contributed by atoms with E-state index in [4.69, 9.17) is 19.2 Å². The number of hydrogen-bond acceptors (Lipinski definition) is 9. The van der Waals surface area contributed by atoms with E-state index in [0.717, 1.165) is 19.1 Å². The number of nitrogens with zero attached hydrogens (tertiary/aromatic N) is 3. The Morgan fingerprint density at radius 3 is 2.35 bits per heavy atom. The lowest BCUT2D eigenvalue weighted by molar-refractivity contribution is -0.868. The van der Waals surface area contributed by atoms with E-state index >= 15 is 0 Å². The minimum Gasteiger partial charge on any atom is -0.633 e. The van der Waals surface area contributed by atoms with Crippen molar-refractivity contribution in [3.05, 3.63) is 64.1 Å². The molecule has 2 aromatic heterocycles. The Balaban J connectivity index is 1.57. The molecule has 11 nitrogen and oxygen atoms in total. The highest BCUT2D eigenvalue weighted by molar-refractivity contribution is 7.90. The van der Waals surface area contributed by atoms with Gasteiger partial charge in [-0.15, -0.1) is 0 Å². The van der Waals surface area contributed by atoms with E-state index in [1.54, 1.807) is 36.4 Å². The Labute approximate surface area is 231 Å². The predicted molar refractivity (Wildman–Crippen MR) is 150 cm³/mol. The van der Waals surface area contributed by atoms with E-state index in [0.29, 0.717) is 59.4 Å². The summed E-state index contributed by atoms with van der Waals surface area (Å²) in [6.45, 7) is 1.68. The number of quaternary nitrogens is 1. The maximum absolute atomic E-state index is 13.0. The molecule has 1 saturated heterocycles. The fourth-order valence-electron chi connectivity index (χ4n) is 4.83. The van der Waals surface area contributed by atoms with Gasteiger partial charge in [-0.1, -0.05) is 12.1 Å². The smallest absolute Gasteiger partial charge is 0.262 e. The van der Waals surface area contributed by atoms with Crippen LogP contribution in [0.1, 0.15) is 12.8 Å². The molecule has 0 amide bonds. The van der Waals surface area contributed by atoms with Crippen molar-refractivity contribution in [2.24, 2.45) is 0 Å². The van der Waals surface area contributed by atoms with Gasteiger partial charge >= 0.3 is 0 Å². The number of hydroxylamine groups is 3. The van der Waals surface area contributed by atoms with Crippen LogP contribution >= 0.6 is 0 Å². The first-order chi connectivity index (χ1) is 19.1. The molecule has 40 heavy (non-hydrogen) atoms. The molecule has 4 aromatic rings. The fourth-order valence-corrected chi connectivity index (χ4v) is 5.46. The molecule has 12 heteroatoms. The Morgan fingerprint density at radius 2 is 1.70 bits per heavy atom. The van der Waals surface area contributed by atoms with Gasteiger partial charge < -0.3 is 29.0 Å². The third kappa shape index (κ3) is 5.64. The van der Waals surface area contributed by atoms with Crippen LogP contribution in [0.5, 0.6) is 17.2 Å². The van der Waals surface area contributed by atoms with Gasteiger partial charge in [0.2, 0.25) is 0 Å². The summed E-state index contributed by atoms with van der Waals surface area (Å²) in [5.41, 5.74) is 1.34. The molecule has 0 aliphatic carbocycles. The Bertz CT molecular complexity index is 1710. The molecule has 210 valence electrons. The average molecular weight is 567 g/mol. The van der Waals surface area contributed by atoms with E-state index in [1.165, 1.54) is 26.4 Å². The summed E-state index contributed by atoms with van der Waals surface area (Å²) >= 11 is 0. The normalized spacial score (nSPS) is 14.8. The molecule has 3 heterocycles. The van der Waals surface area contributed by atoms with Gasteiger partial charge in [-0.2, -0.15) is 0 Å². The van der Waals surface area contributed by atoms with Crippen LogP contribution in [-0.4, -0.2) is 74.7 Å². The van der Waals surface area contributed by atoms with Crippen LogP contribution in [0.15, 0.2) is 58.2 Å². The first-order valence-electron chi connectivity index (χ1n) is 12.8. The number of benzene rings is 2. The molecule has 0 atom stereocenters. The number of aromatic nitrogens is 3. The van der Waals surface area contributed by atoms with E-state index in [1.807, 2.05) is 0 Å². The topological polar surface area (TPSA) is 144 Å². The van der Waals surface area contributed by atoms with Crippen LogP contribution in [0, 0.1) is 5.21 Å². The molecule has 5 rings (SSSR count). The Morgan fingerprint density at radius 1 is 0.975 bits per heavy atom. The lowest BCUT2D eigenvalue weighted by Crippen LogP contribution is -2.42. The van der Waals surface area contributed by atoms with Crippen molar-refractivity contribution in [3.63, 3.8) is 0 Å². The maximum Gasteiger partial charge on any atom is 0.262 e. The summed E-state index contributed by atoms with van der Waals surface area (Å²) in [6, 6.07) is 12.9. The third-order valence-electron chi connectivity index (χ3n) is 7.00. The summed E-state index contributed by atoms with van der Waals surface area (Å²) in [4.78, 5) is 25.4. The number of H-pyrrole nitrogens is 1. The van der Waals surface area contributed by atoms with E-state index in [2.05, 4.69) is 9.97 Å². The first kappa shape index (κ1) is 27.6. The molecule has 2 aromatic carbocycles. The summed E-state index contributed by atoms with van der Waals surface area (Å²) < 4.78 is 40.4. The number of fused-ring (bicyclic) bond motifs is 1. The second-order valence-electron chi connectivity index (χ2n) is 9.76. The van der Waals surface area contributed by atoms with E-state index in [9.17, 15) is 18.4 Å². The quantitative estimate of drug-likeness (QED) is 0.238. The summed E-state index contributed by atoms with van der Waals surface area (Å²) in [5, 5.41) is 13.1. The van der Waals surface area contributed by atoms with Crippen LogP contribution < -0.4 is 19.8 Å². The van der Waals surface area contributed by atoms with Crippen molar-refractivity contribution >= 4 is 20.7 Å². The first-order valence-corrected chi connectivity index (χ1v) is 14.7. The number of hydrogen-bond donors (Lipinski definition) is 1. The largest absolute Gasteiger partial charge is 0.633 e. The van der Waals surface area contributed by atoms with Gasteiger partial charge in [0.05, 0.1) is 37.7 Å². The zero-order valence-corrected chi connectivity index (χ0v) is 23.3. The second-order valence-corrected chi connectivity index (χ2v) is 11.8. The lowest BCUT2D eigenvalue weighted by atomic mass is 10.1. The molecule has 0 saturated carbocycles. The number of rotatable bonds is 9. The van der Waals surface area contributed by atoms with Crippen LogP contribution in [0.25, 0.3) is 33.7 Å². The number of nitrogens with one attached hydrogen (secondary N) is 1. The summed E-state index contributed by atoms with van der Waals surface area (Å²) in [6.07, 6.45) is 2.96. The molecule has 1 fully saturated rings. The Hall–Kier alpha value is -4.00. The minimum atomic E-state index is -3.39. The number of pyridine rings is 1. The van der Waals surface area contributed by atoms with Gasteiger partial charge in [-0.05, 0) is 24.3 Å². The van der Waals surface area contributed by atoms with Crippen LogP contribution in [0.3, 0.4) is 0 Å². The van der Waals surface area contributed by atoms with Crippen molar-refractivity contribution in [2.75, 3.05) is 46.7 Å². The van der Waals surface area contributed by atoms with Gasteiger partial charge in [0.15, 0.2) is 15.7 Å². The Kier molecular flexibility index (Phi) is 7.49. The minimum absolute atomic E-state index is 0.171. The molecule has 0 radical (unpaired) electrons. The molecule has 0 bridgehead atoms. The van der Waals surface area contributed by atoms with E-state index < -0.39 is 15.4 Å². The second kappa shape index (κ2) is 10.9. The SMILES string of the molecule is COc1cc(OC)c2c(=O)[nH]c(-c3ccc(OCC[N+]4([O-])CCCC4)c(-c4ccc(S(C)(=O)=O)cc4)n3)nc2c1. The molecule has 1 aliphatic heterocycles. The number of methoxy groups -OCH3 is 2. The average Bonchev–Trinajstić information content (AvgIpc) is 3.38. The fraction of sp³-hybridized carbons (Fsp3) is 0.321. The zero-order chi connectivity index (χ0) is 28.5. The predicted octanol–water partition coefficient (Wildman–Crippen LogP) is 3.56. The molecule has 0 unspecified atom stereocenters. The van der Waals surface area contributed by atoms with Crippen LogP contribution in [0.4, 0.5) is 0 Å². The standard InChI is InChI=1S/C28H30N4O7S/c1-37-19-16-22-25(24(17-19)38-2)28(33)31-27(30-22)21-10-11-23(39-15-14-32(34)12-4-5-13-32)26(29-21)18-6-8-20(9-7-18)40(3,35)36/h6-11,16-17H,4-5,12-15H2,1-3H3,(H,30,31,33). The van der Waals surface area contributed by atoms with Crippen molar-refractivity contribution in [1.29, 1.82) is 0 Å². The monoisotopic (exact) mass is 566 g/mol. The van der Waals surface area contributed by atoms with Crippen LogP contribution in [-0.2, 0) is 9.84 Å². The van der Waals surface area contributed by atoms with Gasteiger partial charge in [-0.25, -0.2) is 18.4 Å². The van der Waals surface area contributed by atoms with Crippen molar-refractivity contribution in [1.82, 2.24) is 15.0 Å². The zero-order valence-electron chi connectivity index (χ0n) is 22.5. The van der Waals surface area contributed by atoms with Crippen molar-refractivity contribution in [3.8, 4) is 40.0 Å². The maximum atomic E-state index is 13.0. The van der Waals surface area contributed by atoms with Gasteiger partial charge in [0, 0.05) is 36.8 Å². The third-order valence-corrected chi connectivity index (χ3v) is 8.12. The number of likely N-dealkylation sites (tertiary alicyclic amines) is 1.